The highest BCUT2D eigenvalue weighted by molar-refractivity contribution is 7.17. The summed E-state index contributed by atoms with van der Waals surface area (Å²) in [6, 6.07) is 16.1. The zero-order chi connectivity index (χ0) is 19.1. The molecule has 0 fully saturated rings. The van der Waals surface area contributed by atoms with Crippen molar-refractivity contribution >= 4 is 17.2 Å². The van der Waals surface area contributed by atoms with Gasteiger partial charge in [-0.3, -0.25) is 9.78 Å². The molecule has 0 spiro atoms. The lowest BCUT2D eigenvalue weighted by atomic mass is 10.2. The number of benzene rings is 1. The van der Waals surface area contributed by atoms with E-state index in [4.69, 9.17) is 0 Å². The van der Waals surface area contributed by atoms with E-state index in [1.54, 1.807) is 6.20 Å². The third-order valence-corrected chi connectivity index (χ3v) is 5.36. The first-order valence-electron chi connectivity index (χ1n) is 9.03. The SMILES string of the molecule is Cc1nc(-c2ccccn2)sc1C(=O)NCCCN(C)Cc1ccccc1. The number of aryl methyl sites for hydroxylation is 1. The number of pyridine rings is 1. The van der Waals surface area contributed by atoms with Crippen molar-refractivity contribution in [2.45, 2.75) is 19.9 Å². The predicted octanol–water partition coefficient (Wildman–Crippen LogP) is 3.77. The third kappa shape index (κ3) is 5.45. The topological polar surface area (TPSA) is 58.1 Å². The maximum Gasteiger partial charge on any atom is 0.263 e. The van der Waals surface area contributed by atoms with Crippen molar-refractivity contribution in [3.63, 3.8) is 0 Å². The number of nitrogens with zero attached hydrogens (tertiary/aromatic N) is 3. The molecule has 3 rings (SSSR count). The minimum Gasteiger partial charge on any atom is -0.351 e. The Bertz CT molecular complexity index is 864. The van der Waals surface area contributed by atoms with Crippen molar-refractivity contribution in [1.29, 1.82) is 0 Å². The number of nitrogens with one attached hydrogen (secondary N) is 1. The Balaban J connectivity index is 1.46. The first kappa shape index (κ1) is 19.2. The molecule has 0 bridgehead atoms. The van der Waals surface area contributed by atoms with Crippen LogP contribution in [-0.2, 0) is 6.54 Å². The van der Waals surface area contributed by atoms with Crippen molar-refractivity contribution in [2.75, 3.05) is 20.1 Å². The third-order valence-electron chi connectivity index (χ3n) is 4.18. The fourth-order valence-corrected chi connectivity index (χ4v) is 3.77. The first-order chi connectivity index (χ1) is 13.1. The van der Waals surface area contributed by atoms with Gasteiger partial charge in [-0.1, -0.05) is 36.4 Å². The number of aromatic nitrogens is 2. The number of thiazole rings is 1. The van der Waals surface area contributed by atoms with Crippen LogP contribution in [0.15, 0.2) is 54.7 Å². The number of carbonyl (C=O) groups excluding carboxylic acids is 1. The van der Waals surface area contributed by atoms with E-state index in [1.807, 2.05) is 31.2 Å². The second-order valence-electron chi connectivity index (χ2n) is 6.48. The molecular formula is C21H24N4OS. The van der Waals surface area contributed by atoms with E-state index >= 15 is 0 Å². The molecule has 0 unspecified atom stereocenters. The normalized spacial score (nSPS) is 10.9. The molecule has 0 atom stereocenters. The van der Waals surface area contributed by atoms with E-state index in [-0.39, 0.29) is 5.91 Å². The molecule has 3 aromatic rings. The molecule has 0 radical (unpaired) electrons. The Kier molecular flexibility index (Phi) is 6.68. The summed E-state index contributed by atoms with van der Waals surface area (Å²) >= 11 is 1.39. The molecule has 140 valence electrons. The van der Waals surface area contributed by atoms with E-state index in [9.17, 15) is 4.79 Å². The summed E-state index contributed by atoms with van der Waals surface area (Å²) < 4.78 is 0. The average Bonchev–Trinajstić information content (AvgIpc) is 3.08. The number of hydrogen-bond donors (Lipinski definition) is 1. The number of carbonyl (C=O) groups is 1. The molecule has 0 saturated carbocycles. The molecule has 2 heterocycles. The lowest BCUT2D eigenvalue weighted by Gasteiger charge is -2.16. The maximum atomic E-state index is 12.5. The molecule has 27 heavy (non-hydrogen) atoms. The summed E-state index contributed by atoms with van der Waals surface area (Å²) in [5, 5.41) is 3.79. The van der Waals surface area contributed by atoms with Crippen LogP contribution < -0.4 is 5.32 Å². The summed E-state index contributed by atoms with van der Waals surface area (Å²) in [5.41, 5.74) is 2.85. The van der Waals surface area contributed by atoms with Crippen LogP contribution >= 0.6 is 11.3 Å². The predicted molar refractivity (Wildman–Crippen MR) is 110 cm³/mol. The summed E-state index contributed by atoms with van der Waals surface area (Å²) in [4.78, 5) is 24.2. The molecule has 0 aliphatic heterocycles. The van der Waals surface area contributed by atoms with Gasteiger partial charge in [0.15, 0.2) is 0 Å². The van der Waals surface area contributed by atoms with Gasteiger partial charge in [-0.2, -0.15) is 0 Å². The van der Waals surface area contributed by atoms with Gasteiger partial charge in [-0.05, 0) is 44.6 Å². The zero-order valence-electron chi connectivity index (χ0n) is 15.7. The van der Waals surface area contributed by atoms with Crippen LogP contribution in [0.3, 0.4) is 0 Å². The molecule has 5 nitrogen and oxygen atoms in total. The van der Waals surface area contributed by atoms with Crippen LogP contribution in [0.4, 0.5) is 0 Å². The van der Waals surface area contributed by atoms with Crippen molar-refractivity contribution < 1.29 is 4.79 Å². The van der Waals surface area contributed by atoms with Crippen molar-refractivity contribution in [2.24, 2.45) is 0 Å². The molecule has 0 saturated heterocycles. The Morgan fingerprint density at radius 2 is 1.93 bits per heavy atom. The van der Waals surface area contributed by atoms with Crippen molar-refractivity contribution in [3.8, 4) is 10.7 Å². The maximum absolute atomic E-state index is 12.5. The molecule has 6 heteroatoms. The Labute approximate surface area is 164 Å². The molecular weight excluding hydrogens is 356 g/mol. The second-order valence-corrected chi connectivity index (χ2v) is 7.48. The van der Waals surface area contributed by atoms with Gasteiger partial charge >= 0.3 is 0 Å². The Hall–Kier alpha value is -2.57. The molecule has 0 aliphatic carbocycles. The molecule has 0 aliphatic rings. The van der Waals surface area contributed by atoms with Gasteiger partial charge in [0.1, 0.15) is 9.88 Å². The van der Waals surface area contributed by atoms with Crippen LogP contribution in [-0.4, -0.2) is 40.9 Å². The number of hydrogen-bond acceptors (Lipinski definition) is 5. The summed E-state index contributed by atoms with van der Waals surface area (Å²) in [6.45, 7) is 4.35. The Morgan fingerprint density at radius 1 is 1.15 bits per heavy atom. The smallest absolute Gasteiger partial charge is 0.263 e. The number of amides is 1. The van der Waals surface area contributed by atoms with Gasteiger partial charge in [0.2, 0.25) is 0 Å². The number of rotatable bonds is 8. The van der Waals surface area contributed by atoms with Gasteiger partial charge in [-0.25, -0.2) is 4.98 Å². The first-order valence-corrected chi connectivity index (χ1v) is 9.84. The standard InChI is InChI=1S/C21H24N4OS/c1-16-19(27-21(24-16)18-11-6-7-12-22-18)20(26)23-13-8-14-25(2)15-17-9-4-3-5-10-17/h3-7,9-12H,8,13-15H2,1-2H3,(H,23,26). The van der Waals surface area contributed by atoms with Crippen molar-refractivity contribution in [3.05, 3.63) is 70.9 Å². The zero-order valence-corrected chi connectivity index (χ0v) is 16.5. The highest BCUT2D eigenvalue weighted by atomic mass is 32.1. The Morgan fingerprint density at radius 3 is 2.67 bits per heavy atom. The molecule has 2 aromatic heterocycles. The highest BCUT2D eigenvalue weighted by Gasteiger charge is 2.16. The monoisotopic (exact) mass is 380 g/mol. The van der Waals surface area contributed by atoms with Crippen LogP contribution in [0.25, 0.3) is 10.7 Å². The van der Waals surface area contributed by atoms with Crippen LogP contribution in [0.5, 0.6) is 0 Å². The summed E-state index contributed by atoms with van der Waals surface area (Å²) in [6.07, 6.45) is 2.64. The largest absolute Gasteiger partial charge is 0.351 e. The molecule has 1 N–H and O–H groups in total. The van der Waals surface area contributed by atoms with Gasteiger partial charge < -0.3 is 10.2 Å². The lowest BCUT2D eigenvalue weighted by molar-refractivity contribution is 0.0955. The lowest BCUT2D eigenvalue weighted by Crippen LogP contribution is -2.28. The molecule has 1 amide bonds. The summed E-state index contributed by atoms with van der Waals surface area (Å²) in [5.74, 6) is -0.0575. The van der Waals surface area contributed by atoms with E-state index in [0.717, 1.165) is 35.9 Å². The van der Waals surface area contributed by atoms with Gasteiger partial charge in [0, 0.05) is 19.3 Å². The summed E-state index contributed by atoms with van der Waals surface area (Å²) in [7, 11) is 2.10. The highest BCUT2D eigenvalue weighted by Crippen LogP contribution is 2.26. The quantitative estimate of drug-likeness (QED) is 0.605. The van der Waals surface area contributed by atoms with Crippen LogP contribution in [0.1, 0.15) is 27.3 Å². The second kappa shape index (κ2) is 9.39. The minimum absolute atomic E-state index is 0.0575. The van der Waals surface area contributed by atoms with E-state index in [1.165, 1.54) is 16.9 Å². The fourth-order valence-electron chi connectivity index (χ4n) is 2.81. The van der Waals surface area contributed by atoms with E-state index < -0.39 is 0 Å². The van der Waals surface area contributed by atoms with E-state index in [2.05, 4.69) is 51.5 Å². The minimum atomic E-state index is -0.0575. The van der Waals surface area contributed by atoms with Crippen molar-refractivity contribution in [1.82, 2.24) is 20.2 Å². The van der Waals surface area contributed by atoms with Gasteiger partial charge in [-0.15, -0.1) is 11.3 Å². The van der Waals surface area contributed by atoms with Gasteiger partial charge in [0.05, 0.1) is 11.4 Å². The molecule has 1 aromatic carbocycles. The van der Waals surface area contributed by atoms with Crippen LogP contribution in [0, 0.1) is 6.92 Å². The van der Waals surface area contributed by atoms with Gasteiger partial charge in [0.25, 0.3) is 5.91 Å². The van der Waals surface area contributed by atoms with Crippen LogP contribution in [0.2, 0.25) is 0 Å². The average molecular weight is 381 g/mol. The fraction of sp³-hybridized carbons (Fsp3) is 0.286. The van der Waals surface area contributed by atoms with E-state index in [0.29, 0.717) is 11.4 Å².